The Morgan fingerprint density at radius 1 is 1.04 bits per heavy atom. The van der Waals surface area contributed by atoms with Gasteiger partial charge in [0.05, 0.1) is 26.6 Å². The van der Waals surface area contributed by atoms with Crippen molar-refractivity contribution in [3.8, 4) is 0 Å². The van der Waals surface area contributed by atoms with Crippen LogP contribution in [0.15, 0.2) is 56.7 Å². The van der Waals surface area contributed by atoms with Crippen LogP contribution in [0.4, 0.5) is 0 Å². The van der Waals surface area contributed by atoms with E-state index >= 15 is 0 Å². The van der Waals surface area contributed by atoms with Gasteiger partial charge in [-0.15, -0.1) is 4.40 Å². The number of aromatic nitrogens is 1. The van der Waals surface area contributed by atoms with E-state index in [2.05, 4.69) is 4.40 Å². The fourth-order valence-electron chi connectivity index (χ4n) is 2.62. The summed E-state index contributed by atoms with van der Waals surface area (Å²) in [4.78, 5) is 0.539. The minimum atomic E-state index is -3.91. The fourth-order valence-corrected chi connectivity index (χ4v) is 5.64. The number of hydrogen-bond acceptors (Lipinski definition) is 6. The van der Waals surface area contributed by atoms with Crippen molar-refractivity contribution in [3.63, 3.8) is 0 Å². The van der Waals surface area contributed by atoms with E-state index in [4.69, 9.17) is 4.74 Å². The molecule has 0 fully saturated rings. The van der Waals surface area contributed by atoms with Crippen molar-refractivity contribution in [3.05, 3.63) is 52.8 Å². The third kappa shape index (κ3) is 4.35. The van der Waals surface area contributed by atoms with Crippen LogP contribution in [0.2, 0.25) is 0 Å². The van der Waals surface area contributed by atoms with Crippen molar-refractivity contribution in [1.29, 1.82) is 0 Å². The summed E-state index contributed by atoms with van der Waals surface area (Å²) in [6, 6.07) is 11.2. The molecule has 3 rings (SSSR count). The van der Waals surface area contributed by atoms with Crippen LogP contribution in [0, 0.1) is 6.92 Å². The minimum Gasteiger partial charge on any atom is -0.383 e. The van der Waals surface area contributed by atoms with Gasteiger partial charge < -0.3 is 9.30 Å². The molecular weight excluding hydrogens is 420 g/mol. The summed E-state index contributed by atoms with van der Waals surface area (Å²) in [5.41, 5.74) is 1.65. The number of sulfonamides is 1. The molecular formula is C18H20N2O5S3. The zero-order valence-electron chi connectivity index (χ0n) is 15.6. The van der Waals surface area contributed by atoms with Gasteiger partial charge in [0.25, 0.3) is 10.0 Å². The van der Waals surface area contributed by atoms with Gasteiger partial charge in [-0.1, -0.05) is 29.0 Å². The maximum Gasteiger partial charge on any atom is 0.285 e. The Morgan fingerprint density at radius 3 is 2.29 bits per heavy atom. The van der Waals surface area contributed by atoms with Crippen molar-refractivity contribution in [2.45, 2.75) is 23.3 Å². The number of fused-ring (bicyclic) bond motifs is 1. The van der Waals surface area contributed by atoms with Gasteiger partial charge in [0.1, 0.15) is 0 Å². The van der Waals surface area contributed by atoms with Gasteiger partial charge in [-0.2, -0.15) is 8.42 Å². The number of thiazole rings is 1. The molecule has 0 amide bonds. The number of benzene rings is 2. The van der Waals surface area contributed by atoms with E-state index in [0.29, 0.717) is 23.4 Å². The molecule has 28 heavy (non-hydrogen) atoms. The summed E-state index contributed by atoms with van der Waals surface area (Å²) in [6.45, 7) is 2.62. The molecule has 1 heterocycles. The van der Waals surface area contributed by atoms with Crippen molar-refractivity contribution in [2.24, 2.45) is 4.40 Å². The maximum absolute atomic E-state index is 12.7. The SMILES string of the molecule is COCCn1/c(=N/S(=O)(=O)c2ccc(C)cc2)sc2cc(S(C)(=O)=O)ccc21. The third-order valence-corrected chi connectivity index (χ3v) is 7.67. The maximum atomic E-state index is 12.7. The summed E-state index contributed by atoms with van der Waals surface area (Å²) in [6.07, 6.45) is 1.13. The second kappa shape index (κ2) is 7.78. The van der Waals surface area contributed by atoms with E-state index in [1.54, 1.807) is 29.9 Å². The highest BCUT2D eigenvalue weighted by Crippen LogP contribution is 2.22. The van der Waals surface area contributed by atoms with E-state index < -0.39 is 19.9 Å². The molecule has 0 aliphatic carbocycles. The first-order valence-electron chi connectivity index (χ1n) is 8.32. The molecule has 0 atom stereocenters. The number of ether oxygens (including phenoxy) is 1. The number of sulfone groups is 1. The molecule has 0 aliphatic heterocycles. The molecule has 0 bridgehead atoms. The lowest BCUT2D eigenvalue weighted by Crippen LogP contribution is -2.19. The summed E-state index contributed by atoms with van der Waals surface area (Å²) in [5.74, 6) is 0. The van der Waals surface area contributed by atoms with Crippen molar-refractivity contribution in [1.82, 2.24) is 4.57 Å². The van der Waals surface area contributed by atoms with Crippen LogP contribution >= 0.6 is 11.3 Å². The van der Waals surface area contributed by atoms with Gasteiger partial charge in [-0.05, 0) is 37.3 Å². The van der Waals surface area contributed by atoms with Gasteiger partial charge in [0, 0.05) is 19.9 Å². The number of hydrogen-bond donors (Lipinski definition) is 0. The van der Waals surface area contributed by atoms with Gasteiger partial charge in [-0.25, -0.2) is 8.42 Å². The van der Waals surface area contributed by atoms with Crippen molar-refractivity contribution >= 4 is 41.4 Å². The second-order valence-corrected chi connectivity index (χ2v) is 10.9. The van der Waals surface area contributed by atoms with Gasteiger partial charge in [0.15, 0.2) is 9.84 Å². The molecule has 0 aliphatic rings. The molecule has 3 aromatic rings. The molecule has 0 unspecified atom stereocenters. The first-order chi connectivity index (χ1) is 13.1. The van der Waals surface area contributed by atoms with E-state index in [9.17, 15) is 16.8 Å². The lowest BCUT2D eigenvalue weighted by molar-refractivity contribution is 0.187. The molecule has 0 N–H and O–H groups in total. The van der Waals surface area contributed by atoms with E-state index in [1.807, 2.05) is 6.92 Å². The van der Waals surface area contributed by atoms with Crippen molar-refractivity contribution < 1.29 is 21.6 Å². The van der Waals surface area contributed by atoms with Crippen LogP contribution in [-0.4, -0.2) is 41.4 Å². The Hall–Kier alpha value is -2.01. The van der Waals surface area contributed by atoms with Crippen LogP contribution < -0.4 is 4.80 Å². The number of nitrogens with zero attached hydrogens (tertiary/aromatic N) is 2. The predicted molar refractivity (Wildman–Crippen MR) is 109 cm³/mol. The monoisotopic (exact) mass is 440 g/mol. The highest BCUT2D eigenvalue weighted by molar-refractivity contribution is 7.90. The molecule has 0 radical (unpaired) electrons. The smallest absolute Gasteiger partial charge is 0.285 e. The van der Waals surface area contributed by atoms with Crippen LogP contribution in [0.1, 0.15) is 5.56 Å². The highest BCUT2D eigenvalue weighted by Gasteiger charge is 2.16. The summed E-state index contributed by atoms with van der Waals surface area (Å²) in [5, 5.41) is 0. The largest absolute Gasteiger partial charge is 0.383 e. The van der Waals surface area contributed by atoms with Gasteiger partial charge >= 0.3 is 0 Å². The van der Waals surface area contributed by atoms with E-state index in [0.717, 1.165) is 23.2 Å². The first kappa shape index (κ1) is 20.7. The molecule has 1 aromatic heterocycles. The molecule has 10 heteroatoms. The lowest BCUT2D eigenvalue weighted by atomic mass is 10.2. The normalized spacial score (nSPS) is 13.3. The summed E-state index contributed by atoms with van der Waals surface area (Å²) in [7, 11) is -5.73. The quantitative estimate of drug-likeness (QED) is 0.586. The number of aryl methyl sites for hydroxylation is 1. The molecule has 0 saturated heterocycles. The van der Waals surface area contributed by atoms with Crippen molar-refractivity contribution in [2.75, 3.05) is 20.0 Å². The van der Waals surface area contributed by atoms with E-state index in [-0.39, 0.29) is 14.6 Å². The Morgan fingerprint density at radius 2 is 1.68 bits per heavy atom. The molecule has 2 aromatic carbocycles. The highest BCUT2D eigenvalue weighted by atomic mass is 32.2. The Balaban J connectivity index is 2.23. The van der Waals surface area contributed by atoms with Crippen LogP contribution in [0.25, 0.3) is 10.2 Å². The number of rotatable bonds is 6. The van der Waals surface area contributed by atoms with Gasteiger partial charge in [-0.3, -0.25) is 0 Å². The van der Waals surface area contributed by atoms with Crippen LogP contribution in [0.3, 0.4) is 0 Å². The fraction of sp³-hybridized carbons (Fsp3) is 0.278. The minimum absolute atomic E-state index is 0.102. The molecule has 150 valence electrons. The zero-order valence-corrected chi connectivity index (χ0v) is 18.1. The lowest BCUT2D eigenvalue weighted by Gasteiger charge is -2.05. The number of methoxy groups -OCH3 is 1. The molecule has 0 saturated carbocycles. The average Bonchev–Trinajstić information content (AvgIpc) is 2.95. The molecule has 0 spiro atoms. The second-order valence-electron chi connectivity index (χ2n) is 6.31. The van der Waals surface area contributed by atoms with Crippen LogP contribution in [-0.2, 0) is 31.1 Å². The third-order valence-electron chi connectivity index (χ3n) is 4.12. The average molecular weight is 441 g/mol. The summed E-state index contributed by atoms with van der Waals surface area (Å²) >= 11 is 1.13. The first-order valence-corrected chi connectivity index (χ1v) is 12.5. The standard InChI is InChI=1S/C18H20N2O5S3/c1-13-4-6-14(7-5-13)28(23,24)19-18-20(10-11-25-2)16-9-8-15(27(3,21)22)12-17(16)26-18/h4-9,12H,10-11H2,1-3H3/b19-18-. The Bertz CT molecular complexity index is 1290. The zero-order chi connectivity index (χ0) is 20.5. The van der Waals surface area contributed by atoms with Gasteiger partial charge in [0.2, 0.25) is 4.80 Å². The van der Waals surface area contributed by atoms with E-state index in [1.165, 1.54) is 24.3 Å². The summed E-state index contributed by atoms with van der Waals surface area (Å²) < 4.78 is 60.7. The predicted octanol–water partition coefficient (Wildman–Crippen LogP) is 2.35. The van der Waals surface area contributed by atoms with Crippen LogP contribution in [0.5, 0.6) is 0 Å². The Labute approximate surface area is 167 Å². The molecule has 7 nitrogen and oxygen atoms in total. The Kier molecular flexibility index (Phi) is 5.76. The topological polar surface area (TPSA) is 94.8 Å².